The molecule has 1 aliphatic rings. The van der Waals surface area contributed by atoms with Crippen molar-refractivity contribution in [2.24, 2.45) is 4.99 Å². The summed E-state index contributed by atoms with van der Waals surface area (Å²) in [5, 5.41) is 6.81. The Hall–Kier alpha value is -2.09. The van der Waals surface area contributed by atoms with E-state index in [1.807, 2.05) is 35.2 Å². The molecule has 156 valence electrons. The van der Waals surface area contributed by atoms with Crippen LogP contribution in [0.5, 0.6) is 0 Å². The summed E-state index contributed by atoms with van der Waals surface area (Å²) < 4.78 is 0. The van der Waals surface area contributed by atoms with Crippen molar-refractivity contribution >= 4 is 35.8 Å². The first-order valence-corrected chi connectivity index (χ1v) is 10.1. The fourth-order valence-electron chi connectivity index (χ4n) is 3.46. The molecule has 2 aromatic carbocycles. The average Bonchev–Trinajstić information content (AvgIpc) is 3.12. The second-order valence-electron chi connectivity index (χ2n) is 7.16. The number of hydrogen-bond donors (Lipinski definition) is 2. The van der Waals surface area contributed by atoms with E-state index in [2.05, 4.69) is 48.7 Å². The molecule has 2 aromatic rings. The van der Waals surface area contributed by atoms with Crippen LogP contribution >= 0.6 is 24.0 Å². The molecule has 3 rings (SSSR count). The summed E-state index contributed by atoms with van der Waals surface area (Å²) in [6.45, 7) is 7.11. The number of carbonyl (C=O) groups is 1. The number of carbonyl (C=O) groups excluding carboxylic acids is 1. The minimum absolute atomic E-state index is 0. The Kier molecular flexibility index (Phi) is 9.44. The van der Waals surface area contributed by atoms with Gasteiger partial charge in [0.2, 0.25) is 5.91 Å². The number of rotatable bonds is 7. The lowest BCUT2D eigenvalue weighted by molar-refractivity contribution is -0.128. The maximum Gasteiger partial charge on any atom is 0.222 e. The molecule has 0 aromatic heterocycles. The molecule has 2 N–H and O–H groups in total. The summed E-state index contributed by atoms with van der Waals surface area (Å²) >= 11 is 0. The van der Waals surface area contributed by atoms with Crippen molar-refractivity contribution in [2.75, 3.05) is 13.1 Å². The molecule has 1 atom stereocenters. The van der Waals surface area contributed by atoms with Crippen molar-refractivity contribution in [2.45, 2.75) is 45.8 Å². The van der Waals surface area contributed by atoms with E-state index in [0.717, 1.165) is 31.0 Å². The Balaban J connectivity index is 0.00000300. The summed E-state index contributed by atoms with van der Waals surface area (Å²) in [5.74, 6) is 1.05. The number of likely N-dealkylation sites (tertiary alicyclic amines) is 1. The molecule has 0 spiro atoms. The van der Waals surface area contributed by atoms with Crippen molar-refractivity contribution < 1.29 is 4.79 Å². The van der Waals surface area contributed by atoms with Gasteiger partial charge >= 0.3 is 0 Å². The first-order valence-electron chi connectivity index (χ1n) is 10.1. The minimum atomic E-state index is 0. The predicted molar refractivity (Wildman–Crippen MR) is 129 cm³/mol. The largest absolute Gasteiger partial charge is 0.357 e. The molecule has 1 heterocycles. The summed E-state index contributed by atoms with van der Waals surface area (Å²) in [5.41, 5.74) is 3.56. The van der Waals surface area contributed by atoms with Crippen molar-refractivity contribution in [1.82, 2.24) is 15.5 Å². The second-order valence-corrected chi connectivity index (χ2v) is 7.16. The van der Waals surface area contributed by atoms with Crippen LogP contribution in [0.15, 0.2) is 59.6 Å². The van der Waals surface area contributed by atoms with E-state index in [-0.39, 0.29) is 35.9 Å². The van der Waals surface area contributed by atoms with Crippen molar-refractivity contribution in [3.63, 3.8) is 0 Å². The van der Waals surface area contributed by atoms with E-state index in [1.54, 1.807) is 0 Å². The Morgan fingerprint density at radius 2 is 1.79 bits per heavy atom. The molecule has 5 nitrogen and oxygen atoms in total. The summed E-state index contributed by atoms with van der Waals surface area (Å²) in [7, 11) is 0. The number of aliphatic imine (C=N–C) groups is 1. The van der Waals surface area contributed by atoms with Gasteiger partial charge in [0.15, 0.2) is 5.96 Å². The SMILES string of the molecule is CCNC(=NCc1ccccc1CN1CCCC1=O)NC(C)c1ccccc1.I. The molecule has 6 heteroatoms. The number of halogens is 1. The molecule has 1 aliphatic heterocycles. The molecule has 0 saturated carbocycles. The summed E-state index contributed by atoms with van der Waals surface area (Å²) in [6.07, 6.45) is 1.64. The highest BCUT2D eigenvalue weighted by molar-refractivity contribution is 14.0. The molecular weight excluding hydrogens is 475 g/mol. The van der Waals surface area contributed by atoms with E-state index in [0.29, 0.717) is 19.5 Å². The van der Waals surface area contributed by atoms with Gasteiger partial charge in [0, 0.05) is 26.1 Å². The van der Waals surface area contributed by atoms with Crippen LogP contribution in [0.1, 0.15) is 49.4 Å². The standard InChI is InChI=1S/C23H30N4O.HI/c1-3-24-23(26-18(2)19-10-5-4-6-11-19)25-16-20-12-7-8-13-21(20)17-27-15-9-14-22(27)28;/h4-8,10-13,18H,3,9,14-17H2,1-2H3,(H2,24,25,26);1H. The van der Waals surface area contributed by atoms with Crippen LogP contribution in [-0.2, 0) is 17.9 Å². The van der Waals surface area contributed by atoms with Gasteiger partial charge in [-0.3, -0.25) is 4.79 Å². The van der Waals surface area contributed by atoms with E-state index in [4.69, 9.17) is 4.99 Å². The van der Waals surface area contributed by atoms with Crippen LogP contribution in [0.25, 0.3) is 0 Å². The normalized spacial score (nSPS) is 15.0. The van der Waals surface area contributed by atoms with E-state index < -0.39 is 0 Å². The van der Waals surface area contributed by atoms with Crippen LogP contribution < -0.4 is 10.6 Å². The minimum Gasteiger partial charge on any atom is -0.357 e. The molecule has 0 bridgehead atoms. The monoisotopic (exact) mass is 506 g/mol. The third-order valence-electron chi connectivity index (χ3n) is 5.06. The first-order chi connectivity index (χ1) is 13.7. The van der Waals surface area contributed by atoms with Gasteiger partial charge in [-0.1, -0.05) is 54.6 Å². The van der Waals surface area contributed by atoms with E-state index >= 15 is 0 Å². The molecule has 29 heavy (non-hydrogen) atoms. The van der Waals surface area contributed by atoms with Crippen molar-refractivity contribution in [3.8, 4) is 0 Å². The molecule has 0 radical (unpaired) electrons. The molecular formula is C23H31IN4O. The quantitative estimate of drug-likeness (QED) is 0.336. The molecule has 1 fully saturated rings. The maximum absolute atomic E-state index is 12.0. The van der Waals surface area contributed by atoms with Gasteiger partial charge in [0.25, 0.3) is 0 Å². The fourth-order valence-corrected chi connectivity index (χ4v) is 3.46. The summed E-state index contributed by atoms with van der Waals surface area (Å²) in [4.78, 5) is 18.7. The Morgan fingerprint density at radius 3 is 2.45 bits per heavy atom. The van der Waals surface area contributed by atoms with E-state index in [1.165, 1.54) is 11.1 Å². The van der Waals surface area contributed by atoms with Crippen LogP contribution in [0.2, 0.25) is 0 Å². The zero-order valence-corrected chi connectivity index (χ0v) is 19.6. The molecule has 0 aliphatic carbocycles. The molecule has 1 saturated heterocycles. The summed E-state index contributed by atoms with van der Waals surface area (Å²) in [6, 6.07) is 18.8. The number of nitrogens with zero attached hydrogens (tertiary/aromatic N) is 2. The average molecular weight is 506 g/mol. The Morgan fingerprint density at radius 1 is 1.10 bits per heavy atom. The molecule has 1 unspecified atom stereocenters. The number of nitrogens with one attached hydrogen (secondary N) is 2. The van der Waals surface area contributed by atoms with E-state index in [9.17, 15) is 4.79 Å². The van der Waals surface area contributed by atoms with Gasteiger partial charge in [-0.15, -0.1) is 24.0 Å². The highest BCUT2D eigenvalue weighted by Crippen LogP contribution is 2.18. The lowest BCUT2D eigenvalue weighted by Crippen LogP contribution is -2.38. The van der Waals surface area contributed by atoms with Crippen LogP contribution in [0.4, 0.5) is 0 Å². The van der Waals surface area contributed by atoms with Gasteiger partial charge in [0.05, 0.1) is 12.6 Å². The topological polar surface area (TPSA) is 56.7 Å². The Bertz CT molecular complexity index is 810. The van der Waals surface area contributed by atoms with Crippen LogP contribution in [0, 0.1) is 0 Å². The third-order valence-corrected chi connectivity index (χ3v) is 5.06. The number of guanidine groups is 1. The van der Waals surface area contributed by atoms with Crippen molar-refractivity contribution in [3.05, 3.63) is 71.3 Å². The van der Waals surface area contributed by atoms with Gasteiger partial charge < -0.3 is 15.5 Å². The smallest absolute Gasteiger partial charge is 0.222 e. The van der Waals surface area contributed by atoms with Gasteiger partial charge in [-0.05, 0) is 37.0 Å². The van der Waals surface area contributed by atoms with Gasteiger partial charge in [-0.2, -0.15) is 0 Å². The third kappa shape index (κ3) is 6.73. The van der Waals surface area contributed by atoms with Crippen LogP contribution in [0.3, 0.4) is 0 Å². The predicted octanol–water partition coefficient (Wildman–Crippen LogP) is 4.24. The number of benzene rings is 2. The Labute approximate surface area is 191 Å². The van der Waals surface area contributed by atoms with Crippen molar-refractivity contribution in [1.29, 1.82) is 0 Å². The number of amides is 1. The van der Waals surface area contributed by atoms with Gasteiger partial charge in [0.1, 0.15) is 0 Å². The maximum atomic E-state index is 12.0. The fraction of sp³-hybridized carbons (Fsp3) is 0.391. The first kappa shape index (κ1) is 23.2. The van der Waals surface area contributed by atoms with Crippen LogP contribution in [-0.4, -0.2) is 29.9 Å². The highest BCUT2D eigenvalue weighted by Gasteiger charge is 2.20. The number of hydrogen-bond acceptors (Lipinski definition) is 2. The molecule has 1 amide bonds. The zero-order valence-electron chi connectivity index (χ0n) is 17.2. The van der Waals surface area contributed by atoms with Gasteiger partial charge in [-0.25, -0.2) is 4.99 Å². The zero-order chi connectivity index (χ0) is 19.8. The highest BCUT2D eigenvalue weighted by atomic mass is 127. The lowest BCUT2D eigenvalue weighted by atomic mass is 10.1. The lowest BCUT2D eigenvalue weighted by Gasteiger charge is -2.19. The second kappa shape index (κ2) is 11.8.